The van der Waals surface area contributed by atoms with Gasteiger partial charge in [-0.25, -0.2) is 0 Å². The summed E-state index contributed by atoms with van der Waals surface area (Å²) in [7, 11) is 0. The normalized spacial score (nSPS) is 24.4. The minimum Gasteiger partial charge on any atom is -0.511 e. The standard InChI is InChI=1S/C26H26ClF3O3/c1-5-14-6-7-15(33-16-8-9-18(20(27)13-16)26(28,29)30)12-17(14)21-22(31)19-10-11-25(4,23(21)32)24(19,2)3/h6-9,12-13,19,31H,5,10-11H2,1-4H3/t19-,25+/m0/s1. The van der Waals surface area contributed by atoms with Gasteiger partial charge in [-0.3, -0.25) is 4.79 Å². The van der Waals surface area contributed by atoms with Crippen LogP contribution in [0.1, 0.15) is 57.2 Å². The van der Waals surface area contributed by atoms with Crippen LogP contribution in [0.4, 0.5) is 13.2 Å². The molecule has 0 radical (unpaired) electrons. The predicted octanol–water partition coefficient (Wildman–Crippen LogP) is 8.01. The van der Waals surface area contributed by atoms with Crippen LogP contribution in [0.15, 0.2) is 42.2 Å². The summed E-state index contributed by atoms with van der Waals surface area (Å²) in [4.78, 5) is 13.7. The van der Waals surface area contributed by atoms with E-state index in [0.717, 1.165) is 24.1 Å². The molecule has 176 valence electrons. The van der Waals surface area contributed by atoms with Crippen LogP contribution in [0, 0.1) is 16.7 Å². The first-order chi connectivity index (χ1) is 15.3. The zero-order valence-corrected chi connectivity index (χ0v) is 19.7. The van der Waals surface area contributed by atoms with Crippen LogP contribution in [0.2, 0.25) is 5.02 Å². The fourth-order valence-corrected chi connectivity index (χ4v) is 5.58. The number of carbonyl (C=O) groups excluding carboxylic acids is 1. The number of hydrogen-bond acceptors (Lipinski definition) is 3. The number of Topliss-reactive ketones (excluding diaryl/α,β-unsaturated/α-hetero) is 1. The van der Waals surface area contributed by atoms with E-state index in [-0.39, 0.29) is 28.6 Å². The van der Waals surface area contributed by atoms with Gasteiger partial charge in [0.15, 0.2) is 5.78 Å². The van der Waals surface area contributed by atoms with Gasteiger partial charge in [0.25, 0.3) is 0 Å². The summed E-state index contributed by atoms with van der Waals surface area (Å²) in [6.45, 7) is 7.99. The number of ether oxygens (including phenoxy) is 1. The van der Waals surface area contributed by atoms with E-state index in [1.165, 1.54) is 6.07 Å². The average molecular weight is 479 g/mol. The van der Waals surface area contributed by atoms with Gasteiger partial charge in [0, 0.05) is 17.4 Å². The number of alkyl halides is 3. The molecule has 0 spiro atoms. The number of allylic oxidation sites excluding steroid dienone is 2. The lowest BCUT2D eigenvalue weighted by atomic mass is 9.58. The van der Waals surface area contributed by atoms with Crippen molar-refractivity contribution in [3.63, 3.8) is 0 Å². The first kappa shape index (κ1) is 23.7. The lowest BCUT2D eigenvalue weighted by Gasteiger charge is -2.45. The molecule has 7 heteroatoms. The topological polar surface area (TPSA) is 46.5 Å². The molecule has 33 heavy (non-hydrogen) atoms. The van der Waals surface area contributed by atoms with Gasteiger partial charge in [-0.15, -0.1) is 0 Å². The summed E-state index contributed by atoms with van der Waals surface area (Å²) < 4.78 is 44.8. The molecule has 0 unspecified atom stereocenters. The monoisotopic (exact) mass is 478 g/mol. The highest BCUT2D eigenvalue weighted by molar-refractivity contribution is 6.31. The Balaban J connectivity index is 1.76. The lowest BCUT2D eigenvalue weighted by molar-refractivity contribution is -0.137. The number of aliphatic hydroxyl groups excluding tert-OH is 1. The summed E-state index contributed by atoms with van der Waals surface area (Å²) in [6.07, 6.45) is -2.47. The fraction of sp³-hybridized carbons (Fsp3) is 0.423. The Morgan fingerprint density at radius 1 is 1.12 bits per heavy atom. The van der Waals surface area contributed by atoms with E-state index in [4.69, 9.17) is 16.3 Å². The van der Waals surface area contributed by atoms with E-state index >= 15 is 0 Å². The smallest absolute Gasteiger partial charge is 0.417 e. The van der Waals surface area contributed by atoms with Crippen LogP contribution < -0.4 is 4.74 Å². The summed E-state index contributed by atoms with van der Waals surface area (Å²) in [5.41, 5.74) is -0.0636. The maximum absolute atomic E-state index is 13.7. The van der Waals surface area contributed by atoms with Crippen LogP contribution in [0.3, 0.4) is 0 Å². The van der Waals surface area contributed by atoms with Crippen molar-refractivity contribution in [1.82, 2.24) is 0 Å². The molecular weight excluding hydrogens is 453 g/mol. The maximum Gasteiger partial charge on any atom is 0.417 e. The van der Waals surface area contributed by atoms with E-state index in [1.807, 2.05) is 33.8 Å². The second-order valence-corrected chi connectivity index (χ2v) is 10.1. The number of benzene rings is 2. The Morgan fingerprint density at radius 2 is 1.76 bits per heavy atom. The molecule has 2 aromatic rings. The second kappa shape index (κ2) is 7.79. The van der Waals surface area contributed by atoms with Gasteiger partial charge in [-0.05, 0) is 60.1 Å². The van der Waals surface area contributed by atoms with Crippen molar-refractivity contribution in [1.29, 1.82) is 0 Å². The quantitative estimate of drug-likeness (QED) is 0.484. The van der Waals surface area contributed by atoms with Crippen LogP contribution in [-0.2, 0) is 17.4 Å². The molecule has 2 bridgehead atoms. The van der Waals surface area contributed by atoms with E-state index in [2.05, 4.69) is 0 Å². The van der Waals surface area contributed by atoms with Crippen molar-refractivity contribution >= 4 is 23.0 Å². The number of ketones is 1. The SMILES string of the molecule is CCc1ccc(Oc2ccc(C(F)(F)F)c(Cl)c2)cc1C1=C(O)[C@@H]2CC[C@](C)(C1=O)C2(C)C. The molecular formula is C26H26ClF3O3. The highest BCUT2D eigenvalue weighted by atomic mass is 35.5. The van der Waals surface area contributed by atoms with Gasteiger partial charge in [-0.1, -0.05) is 45.4 Å². The van der Waals surface area contributed by atoms with E-state index in [0.29, 0.717) is 29.7 Å². The third-order valence-corrected chi connectivity index (χ3v) is 8.07. The molecule has 0 amide bonds. The van der Waals surface area contributed by atoms with Gasteiger partial charge < -0.3 is 9.84 Å². The summed E-state index contributed by atoms with van der Waals surface area (Å²) in [6, 6.07) is 8.37. The molecule has 2 atom stereocenters. The second-order valence-electron chi connectivity index (χ2n) is 9.65. The minimum absolute atomic E-state index is 0.0804. The zero-order chi connectivity index (χ0) is 24.3. The van der Waals surface area contributed by atoms with Crippen molar-refractivity contribution in [3.8, 4) is 11.5 Å². The molecule has 4 rings (SSSR count). The van der Waals surface area contributed by atoms with Gasteiger partial charge in [0.2, 0.25) is 0 Å². The Hall–Kier alpha value is -2.47. The summed E-state index contributed by atoms with van der Waals surface area (Å²) in [5.74, 6) is 0.406. The third-order valence-electron chi connectivity index (χ3n) is 7.75. The first-order valence-electron chi connectivity index (χ1n) is 11.0. The van der Waals surface area contributed by atoms with Crippen LogP contribution in [0.5, 0.6) is 11.5 Å². The molecule has 2 aromatic carbocycles. The number of aryl methyl sites for hydroxylation is 1. The van der Waals surface area contributed by atoms with Gasteiger partial charge >= 0.3 is 6.18 Å². The number of halogens is 4. The van der Waals surface area contributed by atoms with Crippen molar-refractivity contribution in [2.75, 3.05) is 0 Å². The van der Waals surface area contributed by atoms with Crippen LogP contribution in [-0.4, -0.2) is 10.9 Å². The summed E-state index contributed by atoms with van der Waals surface area (Å²) >= 11 is 5.82. The zero-order valence-electron chi connectivity index (χ0n) is 18.9. The summed E-state index contributed by atoms with van der Waals surface area (Å²) in [5, 5.41) is 10.7. The molecule has 0 saturated heterocycles. The molecule has 1 N–H and O–H groups in total. The fourth-order valence-electron chi connectivity index (χ4n) is 5.30. The third kappa shape index (κ3) is 3.63. The molecule has 0 aliphatic heterocycles. The lowest BCUT2D eigenvalue weighted by Crippen LogP contribution is -2.45. The average Bonchev–Trinajstić information content (AvgIpc) is 2.90. The molecule has 3 nitrogen and oxygen atoms in total. The first-order valence-corrected chi connectivity index (χ1v) is 11.3. The maximum atomic E-state index is 13.7. The van der Waals surface area contributed by atoms with Crippen LogP contribution in [0.25, 0.3) is 5.57 Å². The van der Waals surface area contributed by atoms with E-state index in [1.54, 1.807) is 12.1 Å². The molecule has 2 aliphatic rings. The Kier molecular flexibility index (Phi) is 5.59. The number of fused-ring (bicyclic) bond motifs is 2. The Bertz CT molecular complexity index is 1170. The highest BCUT2D eigenvalue weighted by Crippen LogP contribution is 2.63. The van der Waals surface area contributed by atoms with Crippen molar-refractivity contribution < 1.29 is 27.8 Å². The Labute approximate surface area is 196 Å². The number of carbonyl (C=O) groups is 1. The molecule has 1 fully saturated rings. The largest absolute Gasteiger partial charge is 0.511 e. The molecule has 0 heterocycles. The van der Waals surface area contributed by atoms with Crippen molar-refractivity contribution in [3.05, 3.63) is 63.9 Å². The van der Waals surface area contributed by atoms with Crippen molar-refractivity contribution in [2.24, 2.45) is 16.7 Å². The highest BCUT2D eigenvalue weighted by Gasteiger charge is 2.61. The Morgan fingerprint density at radius 3 is 2.36 bits per heavy atom. The van der Waals surface area contributed by atoms with Crippen molar-refractivity contribution in [2.45, 2.75) is 53.1 Å². The van der Waals surface area contributed by atoms with Gasteiger partial charge in [0.05, 0.1) is 16.2 Å². The number of rotatable bonds is 4. The molecule has 1 saturated carbocycles. The molecule has 0 aromatic heterocycles. The van der Waals surface area contributed by atoms with Gasteiger partial charge in [-0.2, -0.15) is 13.2 Å². The van der Waals surface area contributed by atoms with Crippen LogP contribution >= 0.6 is 11.6 Å². The minimum atomic E-state index is -4.56. The molecule has 2 aliphatic carbocycles. The number of hydrogen-bond donors (Lipinski definition) is 1. The predicted molar refractivity (Wildman–Crippen MR) is 122 cm³/mol. The number of aliphatic hydroxyl groups is 1. The van der Waals surface area contributed by atoms with E-state index < -0.39 is 22.2 Å². The van der Waals surface area contributed by atoms with E-state index in [9.17, 15) is 23.1 Å². The van der Waals surface area contributed by atoms with Gasteiger partial charge in [0.1, 0.15) is 17.3 Å².